The van der Waals surface area contributed by atoms with Crippen molar-refractivity contribution < 1.29 is 24.5 Å². The number of carbonyl (C=O) groups is 2. The van der Waals surface area contributed by atoms with Crippen molar-refractivity contribution >= 4 is 29.7 Å². The van der Waals surface area contributed by atoms with Crippen LogP contribution in [0.2, 0.25) is 0 Å². The number of nitrogens with two attached hydrogens (primary N) is 1. The van der Waals surface area contributed by atoms with E-state index in [9.17, 15) is 19.8 Å². The summed E-state index contributed by atoms with van der Waals surface area (Å²) in [6.45, 7) is 12.3. The maximum atomic E-state index is 13.8. The van der Waals surface area contributed by atoms with Gasteiger partial charge in [0.15, 0.2) is 5.82 Å². The van der Waals surface area contributed by atoms with Crippen LogP contribution in [0, 0.1) is 0 Å². The summed E-state index contributed by atoms with van der Waals surface area (Å²) in [5.74, 6) is 1.86. The second-order valence-corrected chi connectivity index (χ2v) is 15.8. The fraction of sp³-hybridized carbons (Fsp3) is 0.415. The number of hydrogen-bond acceptors (Lipinski definition) is 15. The van der Waals surface area contributed by atoms with Gasteiger partial charge in [-0.25, -0.2) is 15.0 Å². The van der Waals surface area contributed by atoms with Crippen molar-refractivity contribution in [1.82, 2.24) is 49.2 Å². The normalized spacial score (nSPS) is 17.1. The molecule has 0 radical (unpaired) electrons. The van der Waals surface area contributed by atoms with E-state index in [1.165, 1.54) is 6.07 Å². The molecule has 18 heteroatoms. The molecule has 2 aromatic carbocycles. The lowest BCUT2D eigenvalue weighted by Crippen LogP contribution is -2.48. The van der Waals surface area contributed by atoms with Gasteiger partial charge in [0.1, 0.15) is 23.0 Å². The highest BCUT2D eigenvalue weighted by molar-refractivity contribution is 5.97. The molecule has 4 N–H and O–H groups in total. The van der Waals surface area contributed by atoms with Gasteiger partial charge in [-0.3, -0.25) is 14.5 Å². The van der Waals surface area contributed by atoms with E-state index in [2.05, 4.69) is 42.9 Å². The number of piperazine rings is 1. The van der Waals surface area contributed by atoms with Crippen molar-refractivity contribution in [1.29, 1.82) is 0 Å². The Hall–Kier alpha value is -6.40. The second kappa shape index (κ2) is 15.7. The number of nitrogen functional groups attached to an aromatic ring is 1. The molecule has 9 rings (SSSR count). The molecule has 0 aliphatic carbocycles. The van der Waals surface area contributed by atoms with Gasteiger partial charge in [0.2, 0.25) is 17.8 Å². The fourth-order valence-electron chi connectivity index (χ4n) is 8.13. The third-order valence-electron chi connectivity index (χ3n) is 11.5. The molecule has 0 atom stereocenters. The molecule has 3 aromatic heterocycles. The minimum absolute atomic E-state index is 0.00182. The number of hydrogen-bond donors (Lipinski definition) is 3. The highest BCUT2D eigenvalue weighted by atomic mass is 16.5. The third-order valence-corrected chi connectivity index (χ3v) is 11.5. The lowest BCUT2D eigenvalue weighted by molar-refractivity contribution is 0.0622. The van der Waals surface area contributed by atoms with Gasteiger partial charge in [-0.1, -0.05) is 32.0 Å². The van der Waals surface area contributed by atoms with Gasteiger partial charge in [-0.2, -0.15) is 15.0 Å². The number of carbonyl (C=O) groups excluding carboxylic acids is 2. The molecule has 4 aliphatic heterocycles. The lowest BCUT2D eigenvalue weighted by Gasteiger charge is -2.34. The smallest absolute Gasteiger partial charge is 0.274 e. The van der Waals surface area contributed by atoms with Crippen molar-refractivity contribution in [2.24, 2.45) is 0 Å². The molecule has 0 saturated carbocycles. The Labute approximate surface area is 340 Å². The first-order valence-corrected chi connectivity index (χ1v) is 20.0. The van der Waals surface area contributed by atoms with Gasteiger partial charge in [0, 0.05) is 96.6 Å². The number of benzene rings is 2. The largest absolute Gasteiger partial charge is 0.508 e. The standard InChI is InChI=1S/C41H47N13O5/c1-25(2)30-16-31(34(56)17-33(30)55)37(57)54-21-27-4-3-26(15-28(27)22-54)20-49-5-7-50(8-6-49)38(58)32-23-52-9-10-53(24-35(52)45-32)41-47-36(29-18-43-39(42)44-19-29)46-40(48-41)51-11-13-59-14-12-51/h3-4,15-19,23,25,55-56H,5-14,20-22,24H2,1-2H3,(H2,42,43,44). The molecular formula is C41H47N13O5. The zero-order valence-electron chi connectivity index (χ0n) is 33.2. The minimum Gasteiger partial charge on any atom is -0.508 e. The molecule has 4 aliphatic rings. The Balaban J connectivity index is 0.818. The maximum Gasteiger partial charge on any atom is 0.274 e. The van der Waals surface area contributed by atoms with Gasteiger partial charge < -0.3 is 44.9 Å². The van der Waals surface area contributed by atoms with Crippen LogP contribution in [0.3, 0.4) is 0 Å². The lowest BCUT2D eigenvalue weighted by atomic mass is 9.98. The third kappa shape index (κ3) is 7.80. The first-order chi connectivity index (χ1) is 28.6. The molecule has 5 aromatic rings. The molecule has 7 heterocycles. The maximum absolute atomic E-state index is 13.8. The first-order valence-electron chi connectivity index (χ1n) is 20.0. The highest BCUT2D eigenvalue weighted by Crippen LogP contribution is 2.35. The molecule has 2 amide bonds. The van der Waals surface area contributed by atoms with E-state index in [4.69, 9.17) is 30.4 Å². The van der Waals surface area contributed by atoms with E-state index in [-0.39, 0.29) is 40.7 Å². The molecule has 0 bridgehead atoms. The van der Waals surface area contributed by atoms with Crippen molar-refractivity contribution in [3.05, 3.63) is 88.3 Å². The molecule has 0 spiro atoms. The van der Waals surface area contributed by atoms with Crippen molar-refractivity contribution in [2.45, 2.75) is 52.5 Å². The number of anilines is 3. The first kappa shape index (κ1) is 38.1. The average Bonchev–Trinajstić information content (AvgIpc) is 3.88. The van der Waals surface area contributed by atoms with Crippen LogP contribution in [-0.2, 0) is 37.5 Å². The fourth-order valence-corrected chi connectivity index (χ4v) is 8.13. The van der Waals surface area contributed by atoms with E-state index in [1.54, 1.807) is 23.4 Å². The van der Waals surface area contributed by atoms with Crippen LogP contribution in [0.25, 0.3) is 11.4 Å². The summed E-state index contributed by atoms with van der Waals surface area (Å²) >= 11 is 0. The zero-order chi connectivity index (χ0) is 40.8. The molecular weight excluding hydrogens is 755 g/mol. The second-order valence-electron chi connectivity index (χ2n) is 15.8. The summed E-state index contributed by atoms with van der Waals surface area (Å²) in [5.41, 5.74) is 10.9. The highest BCUT2D eigenvalue weighted by Gasteiger charge is 2.30. The van der Waals surface area contributed by atoms with Gasteiger partial charge >= 0.3 is 0 Å². The Morgan fingerprint density at radius 2 is 1.49 bits per heavy atom. The summed E-state index contributed by atoms with van der Waals surface area (Å²) in [6, 6.07) is 9.19. The van der Waals surface area contributed by atoms with E-state index in [0.717, 1.165) is 42.1 Å². The molecule has 18 nitrogen and oxygen atoms in total. The van der Waals surface area contributed by atoms with Gasteiger partial charge in [-0.05, 0) is 34.2 Å². The van der Waals surface area contributed by atoms with Crippen LogP contribution in [0.1, 0.15) is 68.7 Å². The van der Waals surface area contributed by atoms with E-state index in [0.29, 0.717) is 107 Å². The van der Waals surface area contributed by atoms with Crippen molar-refractivity contribution in [2.75, 3.05) is 74.6 Å². The van der Waals surface area contributed by atoms with Gasteiger partial charge in [0.05, 0.1) is 30.9 Å². The van der Waals surface area contributed by atoms with E-state index >= 15 is 0 Å². The summed E-state index contributed by atoms with van der Waals surface area (Å²) < 4.78 is 7.59. The predicted molar refractivity (Wildman–Crippen MR) is 217 cm³/mol. The van der Waals surface area contributed by atoms with Gasteiger partial charge in [0.25, 0.3) is 11.8 Å². The van der Waals surface area contributed by atoms with Crippen molar-refractivity contribution in [3.63, 3.8) is 0 Å². The zero-order valence-corrected chi connectivity index (χ0v) is 33.2. The number of phenolic OH excluding ortho intramolecular Hbond substituents is 2. The van der Waals surface area contributed by atoms with E-state index in [1.807, 2.05) is 29.5 Å². The number of ether oxygens (including phenoxy) is 1. The Morgan fingerprint density at radius 3 is 2.24 bits per heavy atom. The van der Waals surface area contributed by atoms with Crippen molar-refractivity contribution in [3.8, 4) is 22.9 Å². The van der Waals surface area contributed by atoms with Crippen LogP contribution in [0.4, 0.5) is 17.8 Å². The van der Waals surface area contributed by atoms with Gasteiger partial charge in [-0.15, -0.1) is 0 Å². The molecule has 2 saturated heterocycles. The number of nitrogens with zero attached hydrogens (tertiary/aromatic N) is 12. The van der Waals surface area contributed by atoms with Crippen LogP contribution in [-0.4, -0.2) is 130 Å². The number of fused-ring (bicyclic) bond motifs is 2. The minimum atomic E-state index is -0.264. The molecule has 59 heavy (non-hydrogen) atoms. The number of amides is 2. The number of aromatic nitrogens is 7. The summed E-state index contributed by atoms with van der Waals surface area (Å²) in [4.78, 5) is 64.8. The number of rotatable bonds is 8. The number of phenols is 2. The van der Waals surface area contributed by atoms with Crippen LogP contribution >= 0.6 is 0 Å². The van der Waals surface area contributed by atoms with Crippen LogP contribution in [0.5, 0.6) is 11.5 Å². The summed E-state index contributed by atoms with van der Waals surface area (Å²) in [5, 5.41) is 20.8. The van der Waals surface area contributed by atoms with Crippen LogP contribution < -0.4 is 15.5 Å². The quantitative estimate of drug-likeness (QED) is 0.206. The average molecular weight is 802 g/mol. The molecule has 0 unspecified atom stereocenters. The number of imidazole rings is 1. The Morgan fingerprint density at radius 1 is 0.763 bits per heavy atom. The predicted octanol–water partition coefficient (Wildman–Crippen LogP) is 2.61. The number of morpholine rings is 1. The Bertz CT molecular complexity index is 2390. The molecule has 2 fully saturated rings. The Kier molecular flexibility index (Phi) is 10.2. The summed E-state index contributed by atoms with van der Waals surface area (Å²) in [6.07, 6.45) is 5.07. The summed E-state index contributed by atoms with van der Waals surface area (Å²) in [7, 11) is 0. The van der Waals surface area contributed by atoms with E-state index < -0.39 is 0 Å². The SMILES string of the molecule is CC(C)c1cc(C(=O)N2Cc3ccc(CN4CCN(C(=O)c5cn6c(n5)CN(c5nc(-c7cnc(N)nc7)nc(N7CCOCC7)n5)CC6)CC4)cc3C2)c(O)cc1O. The molecule has 306 valence electrons. The number of aromatic hydroxyl groups is 2. The monoisotopic (exact) mass is 801 g/mol. The topological polar surface area (TPSA) is 208 Å². The van der Waals surface area contributed by atoms with Crippen LogP contribution in [0.15, 0.2) is 48.9 Å².